The highest BCUT2D eigenvalue weighted by molar-refractivity contribution is 5.81. The van der Waals surface area contributed by atoms with Crippen LogP contribution in [0.25, 0.3) is 0 Å². The van der Waals surface area contributed by atoms with E-state index in [1.165, 1.54) is 12.8 Å². The van der Waals surface area contributed by atoms with Crippen molar-refractivity contribution in [2.24, 2.45) is 17.4 Å². The van der Waals surface area contributed by atoms with Gasteiger partial charge in [0.2, 0.25) is 5.91 Å². The van der Waals surface area contributed by atoms with Gasteiger partial charge < -0.3 is 16.8 Å². The lowest BCUT2D eigenvalue weighted by molar-refractivity contribution is -0.122. The Kier molecular flexibility index (Phi) is 5.65. The fraction of sp³-hybridized carbons (Fsp3) is 0.909. The molecule has 0 heterocycles. The smallest absolute Gasteiger partial charge is 0.236 e. The standard InChI is InChI=1S/C11H23N3O/c12-7-2-1-3-10(13)11(15)14-8-6-9-4-5-9/h9-10H,1-8,12-13H2,(H,14,15). The minimum Gasteiger partial charge on any atom is -0.355 e. The van der Waals surface area contributed by atoms with E-state index < -0.39 is 0 Å². The van der Waals surface area contributed by atoms with Crippen molar-refractivity contribution in [2.45, 2.75) is 44.6 Å². The lowest BCUT2D eigenvalue weighted by Gasteiger charge is -2.11. The molecular weight excluding hydrogens is 190 g/mol. The van der Waals surface area contributed by atoms with Crippen molar-refractivity contribution in [2.75, 3.05) is 13.1 Å². The maximum atomic E-state index is 11.5. The van der Waals surface area contributed by atoms with E-state index in [0.29, 0.717) is 6.54 Å². The summed E-state index contributed by atoms with van der Waals surface area (Å²) >= 11 is 0. The third-order valence-electron chi connectivity index (χ3n) is 2.85. The van der Waals surface area contributed by atoms with Crippen LogP contribution in [0.5, 0.6) is 0 Å². The van der Waals surface area contributed by atoms with E-state index in [2.05, 4.69) is 5.32 Å². The number of unbranched alkanes of at least 4 members (excludes halogenated alkanes) is 1. The fourth-order valence-corrected chi connectivity index (χ4v) is 1.58. The SMILES string of the molecule is NCCCCC(N)C(=O)NCCC1CC1. The van der Waals surface area contributed by atoms with E-state index in [9.17, 15) is 4.79 Å². The molecule has 88 valence electrons. The maximum Gasteiger partial charge on any atom is 0.236 e. The highest BCUT2D eigenvalue weighted by atomic mass is 16.2. The van der Waals surface area contributed by atoms with Crippen LogP contribution in [0.4, 0.5) is 0 Å². The van der Waals surface area contributed by atoms with Crippen molar-refractivity contribution < 1.29 is 4.79 Å². The fourth-order valence-electron chi connectivity index (χ4n) is 1.58. The summed E-state index contributed by atoms with van der Waals surface area (Å²) in [4.78, 5) is 11.5. The number of amides is 1. The van der Waals surface area contributed by atoms with Crippen molar-refractivity contribution in [1.29, 1.82) is 0 Å². The topological polar surface area (TPSA) is 81.1 Å². The zero-order valence-corrected chi connectivity index (χ0v) is 9.37. The first-order chi connectivity index (χ1) is 7.24. The minimum atomic E-state index is -0.351. The summed E-state index contributed by atoms with van der Waals surface area (Å²) in [5, 5.41) is 2.89. The van der Waals surface area contributed by atoms with Gasteiger partial charge in [-0.25, -0.2) is 0 Å². The van der Waals surface area contributed by atoms with Crippen LogP contribution in [-0.4, -0.2) is 25.0 Å². The van der Waals surface area contributed by atoms with Crippen molar-refractivity contribution in [3.8, 4) is 0 Å². The Balaban J connectivity index is 1.98. The Hall–Kier alpha value is -0.610. The molecule has 0 radical (unpaired) electrons. The lowest BCUT2D eigenvalue weighted by Crippen LogP contribution is -2.41. The maximum absolute atomic E-state index is 11.5. The normalized spacial score (nSPS) is 17.5. The van der Waals surface area contributed by atoms with Crippen LogP contribution >= 0.6 is 0 Å². The number of carbonyl (C=O) groups excluding carboxylic acids is 1. The van der Waals surface area contributed by atoms with Gasteiger partial charge in [0.15, 0.2) is 0 Å². The Bertz CT molecular complexity index is 192. The van der Waals surface area contributed by atoms with Gasteiger partial charge in [0.1, 0.15) is 0 Å². The molecular formula is C11H23N3O. The molecule has 0 aromatic heterocycles. The monoisotopic (exact) mass is 213 g/mol. The van der Waals surface area contributed by atoms with Gasteiger partial charge in [-0.1, -0.05) is 19.3 Å². The number of hydrogen-bond donors (Lipinski definition) is 3. The molecule has 4 nitrogen and oxygen atoms in total. The van der Waals surface area contributed by atoms with Crippen LogP contribution in [0.1, 0.15) is 38.5 Å². The van der Waals surface area contributed by atoms with Gasteiger partial charge in [0.05, 0.1) is 6.04 Å². The zero-order valence-electron chi connectivity index (χ0n) is 9.37. The first kappa shape index (κ1) is 12.5. The largest absolute Gasteiger partial charge is 0.355 e. The number of nitrogens with one attached hydrogen (secondary N) is 1. The van der Waals surface area contributed by atoms with Crippen molar-refractivity contribution in [3.63, 3.8) is 0 Å². The van der Waals surface area contributed by atoms with Crippen LogP contribution < -0.4 is 16.8 Å². The van der Waals surface area contributed by atoms with Crippen LogP contribution in [0, 0.1) is 5.92 Å². The van der Waals surface area contributed by atoms with E-state index >= 15 is 0 Å². The molecule has 5 N–H and O–H groups in total. The molecule has 1 saturated carbocycles. The molecule has 1 unspecified atom stereocenters. The second-order valence-electron chi connectivity index (χ2n) is 4.41. The molecule has 0 aromatic rings. The van der Waals surface area contributed by atoms with Gasteiger partial charge in [-0.3, -0.25) is 4.79 Å². The molecule has 0 saturated heterocycles. The second-order valence-corrected chi connectivity index (χ2v) is 4.41. The van der Waals surface area contributed by atoms with Crippen LogP contribution in [-0.2, 0) is 4.79 Å². The molecule has 1 rings (SSSR count). The molecule has 15 heavy (non-hydrogen) atoms. The van der Waals surface area contributed by atoms with Crippen LogP contribution in [0.15, 0.2) is 0 Å². The van der Waals surface area contributed by atoms with Gasteiger partial charge in [-0.05, 0) is 31.7 Å². The average Bonchev–Trinajstić information content (AvgIpc) is 3.02. The van der Waals surface area contributed by atoms with Crippen molar-refractivity contribution in [3.05, 3.63) is 0 Å². The Morgan fingerprint density at radius 3 is 2.73 bits per heavy atom. The molecule has 0 aromatic carbocycles. The highest BCUT2D eigenvalue weighted by Gasteiger charge is 2.21. The Morgan fingerprint density at radius 1 is 1.40 bits per heavy atom. The van der Waals surface area contributed by atoms with Gasteiger partial charge in [-0.15, -0.1) is 0 Å². The third-order valence-corrected chi connectivity index (χ3v) is 2.85. The summed E-state index contributed by atoms with van der Waals surface area (Å²) in [7, 11) is 0. The lowest BCUT2D eigenvalue weighted by atomic mass is 10.1. The van der Waals surface area contributed by atoms with E-state index in [0.717, 1.165) is 38.1 Å². The van der Waals surface area contributed by atoms with Gasteiger partial charge in [-0.2, -0.15) is 0 Å². The van der Waals surface area contributed by atoms with Gasteiger partial charge in [0, 0.05) is 6.54 Å². The molecule has 4 heteroatoms. The molecule has 0 aliphatic heterocycles. The average molecular weight is 213 g/mol. The predicted octanol–water partition coefficient (Wildman–Crippen LogP) is 0.359. The molecule has 0 spiro atoms. The van der Waals surface area contributed by atoms with Crippen molar-refractivity contribution in [1.82, 2.24) is 5.32 Å². The molecule has 0 bridgehead atoms. The van der Waals surface area contributed by atoms with E-state index in [1.54, 1.807) is 0 Å². The molecule has 1 amide bonds. The van der Waals surface area contributed by atoms with Crippen molar-refractivity contribution >= 4 is 5.91 Å². The molecule has 1 aliphatic carbocycles. The third kappa shape index (κ3) is 5.74. The Labute approximate surface area is 91.8 Å². The molecule has 1 aliphatic rings. The van der Waals surface area contributed by atoms with Crippen LogP contribution in [0.3, 0.4) is 0 Å². The molecule has 1 atom stereocenters. The zero-order chi connectivity index (χ0) is 11.1. The summed E-state index contributed by atoms with van der Waals surface area (Å²) in [5.41, 5.74) is 11.1. The number of carbonyl (C=O) groups is 1. The highest BCUT2D eigenvalue weighted by Crippen LogP contribution is 2.31. The predicted molar refractivity (Wildman–Crippen MR) is 61.2 cm³/mol. The van der Waals surface area contributed by atoms with Crippen LogP contribution in [0.2, 0.25) is 0 Å². The minimum absolute atomic E-state index is 0.00679. The quantitative estimate of drug-likeness (QED) is 0.509. The molecule has 1 fully saturated rings. The number of rotatable bonds is 8. The summed E-state index contributed by atoms with van der Waals surface area (Å²) in [6, 6.07) is -0.351. The summed E-state index contributed by atoms with van der Waals surface area (Å²) in [5.74, 6) is 0.853. The first-order valence-electron chi connectivity index (χ1n) is 5.97. The first-order valence-corrected chi connectivity index (χ1v) is 5.97. The number of hydrogen-bond acceptors (Lipinski definition) is 3. The van der Waals surface area contributed by atoms with Gasteiger partial charge in [0.25, 0.3) is 0 Å². The summed E-state index contributed by atoms with van der Waals surface area (Å²) in [6.07, 6.45) is 6.40. The second kappa shape index (κ2) is 6.80. The van der Waals surface area contributed by atoms with E-state index in [-0.39, 0.29) is 11.9 Å². The van der Waals surface area contributed by atoms with E-state index in [4.69, 9.17) is 11.5 Å². The number of nitrogens with two attached hydrogens (primary N) is 2. The summed E-state index contributed by atoms with van der Waals surface area (Å²) < 4.78 is 0. The van der Waals surface area contributed by atoms with Gasteiger partial charge >= 0.3 is 0 Å². The van der Waals surface area contributed by atoms with E-state index in [1.807, 2.05) is 0 Å². The Morgan fingerprint density at radius 2 is 2.13 bits per heavy atom. The summed E-state index contributed by atoms with van der Waals surface area (Å²) in [6.45, 7) is 1.46.